The van der Waals surface area contributed by atoms with E-state index in [1.54, 1.807) is 6.92 Å². The van der Waals surface area contributed by atoms with Gasteiger partial charge in [0, 0.05) is 15.8 Å². The van der Waals surface area contributed by atoms with Crippen LogP contribution in [0.15, 0.2) is 40.8 Å². The smallest absolute Gasteiger partial charge is 0.341 e. The Morgan fingerprint density at radius 3 is 2.73 bits per heavy atom. The Morgan fingerprint density at radius 1 is 1.22 bits per heavy atom. The molecule has 1 atom stereocenters. The van der Waals surface area contributed by atoms with Gasteiger partial charge in [0.05, 0.1) is 23.9 Å². The van der Waals surface area contributed by atoms with Crippen LogP contribution in [0.3, 0.4) is 0 Å². The number of hydrogen-bond donors (Lipinski definition) is 1. The first-order valence-electron chi connectivity index (χ1n) is 12.6. The number of carbonyl (C=O) groups excluding carboxylic acids is 2. The van der Waals surface area contributed by atoms with Crippen LogP contribution in [0.2, 0.25) is 0 Å². The molecule has 3 aromatic heterocycles. The van der Waals surface area contributed by atoms with Crippen molar-refractivity contribution in [3.63, 3.8) is 0 Å². The second-order valence-corrected chi connectivity index (χ2v) is 11.3. The van der Waals surface area contributed by atoms with Crippen LogP contribution in [0.4, 0.5) is 5.00 Å². The van der Waals surface area contributed by atoms with Crippen LogP contribution in [0.1, 0.15) is 53.6 Å². The number of fused-ring (bicyclic) bond motifs is 2. The average molecular weight is 536 g/mol. The Labute approximate surface area is 223 Å². The zero-order valence-electron chi connectivity index (χ0n) is 21.1. The van der Waals surface area contributed by atoms with Crippen LogP contribution in [0.5, 0.6) is 0 Å². The SMILES string of the molecule is CCOC(=O)c1c(NC(=O)Cn2cnc3scc(-c4ccc(CC)cc4)c3c2=O)sc2c1CCC(C)C2. The number of aromatic nitrogens is 2. The Balaban J connectivity index is 1.43. The fourth-order valence-corrected chi connectivity index (χ4v) is 7.11. The molecule has 0 bridgehead atoms. The van der Waals surface area contributed by atoms with E-state index in [4.69, 9.17) is 4.74 Å². The summed E-state index contributed by atoms with van der Waals surface area (Å²) in [4.78, 5) is 45.5. The first-order chi connectivity index (χ1) is 17.9. The van der Waals surface area contributed by atoms with E-state index in [9.17, 15) is 14.4 Å². The topological polar surface area (TPSA) is 90.3 Å². The first-order valence-corrected chi connectivity index (χ1v) is 14.3. The van der Waals surface area contributed by atoms with Crippen molar-refractivity contribution in [1.29, 1.82) is 0 Å². The van der Waals surface area contributed by atoms with Gasteiger partial charge in [-0.3, -0.25) is 14.2 Å². The predicted molar refractivity (Wildman–Crippen MR) is 149 cm³/mol. The summed E-state index contributed by atoms with van der Waals surface area (Å²) in [5, 5.41) is 5.84. The molecule has 9 heteroatoms. The lowest BCUT2D eigenvalue weighted by molar-refractivity contribution is -0.116. The molecule has 1 aliphatic rings. The predicted octanol–water partition coefficient (Wildman–Crippen LogP) is 5.69. The van der Waals surface area contributed by atoms with Gasteiger partial charge in [-0.1, -0.05) is 38.1 Å². The van der Waals surface area contributed by atoms with Gasteiger partial charge in [-0.15, -0.1) is 22.7 Å². The first kappa shape index (κ1) is 25.4. The molecule has 0 saturated heterocycles. The van der Waals surface area contributed by atoms with Gasteiger partial charge in [0.2, 0.25) is 5.91 Å². The van der Waals surface area contributed by atoms with E-state index >= 15 is 0 Å². The van der Waals surface area contributed by atoms with Gasteiger partial charge in [0.25, 0.3) is 5.56 Å². The number of nitrogens with zero attached hydrogens (tertiary/aromatic N) is 2. The highest BCUT2D eigenvalue weighted by atomic mass is 32.1. The van der Waals surface area contributed by atoms with Gasteiger partial charge in [0.15, 0.2) is 0 Å². The number of hydrogen-bond acceptors (Lipinski definition) is 7. The van der Waals surface area contributed by atoms with Crippen molar-refractivity contribution in [2.45, 2.75) is 53.0 Å². The summed E-state index contributed by atoms with van der Waals surface area (Å²) in [7, 11) is 0. The highest BCUT2D eigenvalue weighted by Gasteiger charge is 2.29. The molecule has 1 N–H and O–H groups in total. The van der Waals surface area contributed by atoms with Gasteiger partial charge >= 0.3 is 5.97 Å². The number of ether oxygens (including phenoxy) is 1. The summed E-state index contributed by atoms with van der Waals surface area (Å²) in [6.07, 6.45) is 5.02. The molecule has 1 aromatic carbocycles. The fraction of sp³-hybridized carbons (Fsp3) is 0.357. The lowest BCUT2D eigenvalue weighted by Gasteiger charge is -2.18. The second-order valence-electron chi connectivity index (χ2n) is 9.38. The molecule has 4 aromatic rings. The Bertz CT molecular complexity index is 1530. The maximum absolute atomic E-state index is 13.4. The number of anilines is 1. The maximum Gasteiger partial charge on any atom is 0.341 e. The van der Waals surface area contributed by atoms with E-state index < -0.39 is 5.97 Å². The van der Waals surface area contributed by atoms with Crippen LogP contribution in [0.25, 0.3) is 21.3 Å². The van der Waals surface area contributed by atoms with Crippen molar-refractivity contribution in [2.75, 3.05) is 11.9 Å². The molecule has 0 spiro atoms. The van der Waals surface area contributed by atoms with Gasteiger partial charge in [-0.05, 0) is 55.2 Å². The van der Waals surface area contributed by atoms with Crippen LogP contribution in [0, 0.1) is 5.92 Å². The minimum Gasteiger partial charge on any atom is -0.462 e. The van der Waals surface area contributed by atoms with Gasteiger partial charge in [0.1, 0.15) is 16.4 Å². The zero-order valence-corrected chi connectivity index (χ0v) is 22.8. The van der Waals surface area contributed by atoms with Gasteiger partial charge in [-0.25, -0.2) is 9.78 Å². The van der Waals surface area contributed by atoms with Crippen molar-refractivity contribution >= 4 is 49.8 Å². The van der Waals surface area contributed by atoms with E-state index in [2.05, 4.69) is 36.3 Å². The highest BCUT2D eigenvalue weighted by molar-refractivity contribution is 7.17. The lowest BCUT2D eigenvalue weighted by Crippen LogP contribution is -2.28. The number of aryl methyl sites for hydroxylation is 1. The van der Waals surface area contributed by atoms with E-state index in [1.807, 2.05) is 17.5 Å². The number of rotatable bonds is 7. The molecule has 1 unspecified atom stereocenters. The monoisotopic (exact) mass is 535 g/mol. The molecular weight excluding hydrogens is 506 g/mol. The van der Waals surface area contributed by atoms with Crippen molar-refractivity contribution < 1.29 is 14.3 Å². The summed E-state index contributed by atoms with van der Waals surface area (Å²) >= 11 is 2.85. The van der Waals surface area contributed by atoms with Crippen molar-refractivity contribution in [2.24, 2.45) is 5.92 Å². The van der Waals surface area contributed by atoms with Crippen molar-refractivity contribution in [1.82, 2.24) is 9.55 Å². The van der Waals surface area contributed by atoms with E-state index in [0.717, 1.165) is 47.3 Å². The molecule has 0 aliphatic heterocycles. The molecule has 0 saturated carbocycles. The molecule has 0 radical (unpaired) electrons. The number of nitrogens with one attached hydrogen (secondary N) is 1. The minimum atomic E-state index is -0.415. The largest absolute Gasteiger partial charge is 0.462 e. The second kappa shape index (κ2) is 10.6. The quantitative estimate of drug-likeness (QED) is 0.307. The Morgan fingerprint density at radius 2 is 2.00 bits per heavy atom. The average Bonchev–Trinajstić information content (AvgIpc) is 3.47. The lowest BCUT2D eigenvalue weighted by atomic mass is 9.88. The molecule has 7 nitrogen and oxygen atoms in total. The molecular formula is C28H29N3O4S2. The zero-order chi connectivity index (χ0) is 26.1. The van der Waals surface area contributed by atoms with Crippen molar-refractivity contribution in [3.8, 4) is 11.1 Å². The molecule has 5 rings (SSSR count). The minimum absolute atomic E-state index is 0.201. The normalized spacial score (nSPS) is 14.9. The number of benzene rings is 1. The summed E-state index contributed by atoms with van der Waals surface area (Å²) in [5.41, 5.74) is 4.16. The fourth-order valence-electron chi connectivity index (χ4n) is 4.79. The van der Waals surface area contributed by atoms with E-state index in [0.29, 0.717) is 26.7 Å². The van der Waals surface area contributed by atoms with Crippen LogP contribution in [-0.2, 0) is 35.3 Å². The van der Waals surface area contributed by atoms with Gasteiger partial charge < -0.3 is 10.1 Å². The molecule has 0 fully saturated rings. The summed E-state index contributed by atoms with van der Waals surface area (Å²) < 4.78 is 6.63. The third kappa shape index (κ3) is 4.98. The molecule has 1 aliphatic carbocycles. The number of carbonyl (C=O) groups is 2. The highest BCUT2D eigenvalue weighted by Crippen LogP contribution is 2.40. The molecule has 192 valence electrons. The standard InChI is InChI=1S/C28H29N3O4S2/c1-4-17-7-9-18(10-8-17)20-14-36-25-23(20)27(33)31(15-29-25)13-22(32)30-26-24(28(34)35-5-2)19-11-6-16(3)12-21(19)37-26/h7-10,14-16H,4-6,11-13H2,1-3H3,(H,30,32). The number of amides is 1. The third-order valence-corrected chi connectivity index (χ3v) is 8.85. The van der Waals surface area contributed by atoms with E-state index in [-0.39, 0.29) is 24.6 Å². The van der Waals surface area contributed by atoms with E-state index in [1.165, 1.54) is 39.1 Å². The Hall–Kier alpha value is -3.30. The number of esters is 1. The van der Waals surface area contributed by atoms with Gasteiger partial charge in [-0.2, -0.15) is 0 Å². The summed E-state index contributed by atoms with van der Waals surface area (Å²) in [6, 6.07) is 8.15. The maximum atomic E-state index is 13.4. The number of thiophene rings is 2. The van der Waals surface area contributed by atoms with Crippen LogP contribution >= 0.6 is 22.7 Å². The Kier molecular flexibility index (Phi) is 7.26. The summed E-state index contributed by atoms with van der Waals surface area (Å²) in [6.45, 7) is 6.12. The molecule has 37 heavy (non-hydrogen) atoms. The van der Waals surface area contributed by atoms with Crippen molar-refractivity contribution in [3.05, 3.63) is 67.9 Å². The van der Waals surface area contributed by atoms with Crippen LogP contribution in [-0.4, -0.2) is 28.0 Å². The third-order valence-electron chi connectivity index (χ3n) is 6.79. The molecule has 3 heterocycles. The molecule has 1 amide bonds. The van der Waals surface area contributed by atoms with Crippen LogP contribution < -0.4 is 10.9 Å². The summed E-state index contributed by atoms with van der Waals surface area (Å²) in [5.74, 6) is -0.272.